The first-order valence-corrected chi connectivity index (χ1v) is 8.50. The summed E-state index contributed by atoms with van der Waals surface area (Å²) in [6, 6.07) is 7.11. The Balaban J connectivity index is 1.55. The topological polar surface area (TPSA) is 24.4 Å². The summed E-state index contributed by atoms with van der Waals surface area (Å²) in [5, 5.41) is 3.51. The number of rotatable bonds is 2. The van der Waals surface area contributed by atoms with Crippen molar-refractivity contribution in [2.45, 2.75) is 37.8 Å². The van der Waals surface area contributed by atoms with Crippen LogP contribution in [0.3, 0.4) is 0 Å². The van der Waals surface area contributed by atoms with Crippen LogP contribution in [0.1, 0.15) is 37.2 Å². The monoisotopic (exact) mass is 298 g/mol. The highest BCUT2D eigenvalue weighted by atomic mass is 19.1. The Hall–Kier alpha value is -1.48. The van der Waals surface area contributed by atoms with E-state index >= 15 is 0 Å². The minimum atomic E-state index is -0.132. The maximum absolute atomic E-state index is 13.6. The Morgan fingerprint density at radius 1 is 1.23 bits per heavy atom. The van der Waals surface area contributed by atoms with Gasteiger partial charge in [-0.2, -0.15) is 0 Å². The van der Waals surface area contributed by atoms with E-state index in [2.05, 4.69) is 29.7 Å². The van der Waals surface area contributed by atoms with Crippen molar-refractivity contribution < 1.29 is 4.39 Å². The lowest BCUT2D eigenvalue weighted by Gasteiger charge is -2.33. The van der Waals surface area contributed by atoms with Gasteiger partial charge in [0.2, 0.25) is 0 Å². The second-order valence-electron chi connectivity index (χ2n) is 6.90. The van der Waals surface area contributed by atoms with E-state index in [0.717, 1.165) is 18.5 Å². The van der Waals surface area contributed by atoms with Crippen molar-refractivity contribution in [3.63, 3.8) is 0 Å². The van der Waals surface area contributed by atoms with Crippen LogP contribution in [0.4, 0.5) is 4.39 Å². The molecule has 0 amide bonds. The van der Waals surface area contributed by atoms with E-state index in [1.54, 1.807) is 6.07 Å². The minimum Gasteiger partial charge on any atom is -0.295 e. The lowest BCUT2D eigenvalue weighted by atomic mass is 9.74. The van der Waals surface area contributed by atoms with Gasteiger partial charge < -0.3 is 0 Å². The third-order valence-corrected chi connectivity index (χ3v) is 5.57. The molecule has 4 rings (SSSR count). The zero-order valence-electron chi connectivity index (χ0n) is 12.8. The lowest BCUT2D eigenvalue weighted by Crippen LogP contribution is -2.34. The van der Waals surface area contributed by atoms with Crippen molar-refractivity contribution in [1.82, 2.24) is 5.32 Å². The number of benzene rings is 1. The Bertz CT molecular complexity index is 595. The van der Waals surface area contributed by atoms with E-state index in [9.17, 15) is 4.39 Å². The highest BCUT2D eigenvalue weighted by molar-refractivity contribution is 5.63. The Morgan fingerprint density at radius 2 is 2.18 bits per heavy atom. The fourth-order valence-corrected chi connectivity index (χ4v) is 4.39. The molecule has 5 atom stereocenters. The van der Waals surface area contributed by atoms with Gasteiger partial charge in [-0.25, -0.2) is 4.39 Å². The van der Waals surface area contributed by atoms with Crippen molar-refractivity contribution in [3.8, 4) is 0 Å². The molecule has 0 spiro atoms. The fraction of sp³-hybridized carbons (Fsp3) is 0.526. The fourth-order valence-electron chi connectivity index (χ4n) is 4.39. The van der Waals surface area contributed by atoms with Gasteiger partial charge in [0, 0.05) is 30.5 Å². The summed E-state index contributed by atoms with van der Waals surface area (Å²) in [5.74, 6) is 1.94. The lowest BCUT2D eigenvalue weighted by molar-refractivity contribution is 0.299. The van der Waals surface area contributed by atoms with Gasteiger partial charge in [-0.1, -0.05) is 24.3 Å². The number of hydrogen-bond donors (Lipinski definition) is 1. The van der Waals surface area contributed by atoms with E-state index in [1.807, 2.05) is 6.07 Å². The molecule has 2 heterocycles. The van der Waals surface area contributed by atoms with Gasteiger partial charge in [-0.15, -0.1) is 0 Å². The van der Waals surface area contributed by atoms with Crippen LogP contribution in [-0.2, 0) is 0 Å². The zero-order valence-corrected chi connectivity index (χ0v) is 12.8. The average molecular weight is 298 g/mol. The first kappa shape index (κ1) is 14.1. The molecule has 116 valence electrons. The van der Waals surface area contributed by atoms with Gasteiger partial charge in [-0.3, -0.25) is 10.3 Å². The SMILES string of the molecule is Fc1cccc(C2CNC3N=CC(C4C=CCCC4)CC32)c1. The molecule has 2 aliphatic heterocycles. The van der Waals surface area contributed by atoms with E-state index in [-0.39, 0.29) is 12.0 Å². The summed E-state index contributed by atoms with van der Waals surface area (Å²) in [6.07, 6.45) is 12.1. The second kappa shape index (κ2) is 5.96. The minimum absolute atomic E-state index is 0.132. The van der Waals surface area contributed by atoms with Crippen LogP contribution in [0.15, 0.2) is 41.4 Å². The van der Waals surface area contributed by atoms with Crippen LogP contribution < -0.4 is 5.32 Å². The zero-order chi connectivity index (χ0) is 14.9. The summed E-state index contributed by atoms with van der Waals surface area (Å²) in [5.41, 5.74) is 1.12. The first-order valence-electron chi connectivity index (χ1n) is 8.50. The van der Waals surface area contributed by atoms with E-state index in [0.29, 0.717) is 23.7 Å². The van der Waals surface area contributed by atoms with Crippen LogP contribution >= 0.6 is 0 Å². The Kier molecular flexibility index (Phi) is 3.83. The second-order valence-corrected chi connectivity index (χ2v) is 6.90. The molecule has 0 aromatic heterocycles. The smallest absolute Gasteiger partial charge is 0.123 e. The highest BCUT2D eigenvalue weighted by Gasteiger charge is 2.41. The molecule has 2 nitrogen and oxygen atoms in total. The highest BCUT2D eigenvalue weighted by Crippen LogP contribution is 2.41. The maximum Gasteiger partial charge on any atom is 0.123 e. The molecule has 22 heavy (non-hydrogen) atoms. The van der Waals surface area contributed by atoms with Gasteiger partial charge in [0.05, 0.1) is 0 Å². The number of aliphatic imine (C=N–C) groups is 1. The number of allylic oxidation sites excluding steroid dienone is 2. The van der Waals surface area contributed by atoms with Crippen molar-refractivity contribution in [3.05, 3.63) is 47.8 Å². The standard InChI is InChI=1S/C19H23FN2/c20-16-8-4-7-14(9-16)18-12-22-19-17(18)10-15(11-21-19)13-5-2-1-3-6-13/h2,4-5,7-9,11,13,15,17-19,22H,1,3,6,10,12H2. The van der Waals surface area contributed by atoms with Gasteiger partial charge in [0.15, 0.2) is 0 Å². The van der Waals surface area contributed by atoms with Crippen LogP contribution in [0.25, 0.3) is 0 Å². The molecular weight excluding hydrogens is 275 g/mol. The maximum atomic E-state index is 13.6. The largest absolute Gasteiger partial charge is 0.295 e. The number of hydrogen-bond acceptors (Lipinski definition) is 2. The molecule has 1 aliphatic carbocycles. The summed E-state index contributed by atoms with van der Waals surface area (Å²) in [6.45, 7) is 0.906. The molecule has 0 bridgehead atoms. The van der Waals surface area contributed by atoms with Crippen molar-refractivity contribution in [1.29, 1.82) is 0 Å². The number of nitrogens with one attached hydrogen (secondary N) is 1. The van der Waals surface area contributed by atoms with Crippen LogP contribution in [0, 0.1) is 23.6 Å². The van der Waals surface area contributed by atoms with Gasteiger partial charge in [0.1, 0.15) is 12.0 Å². The molecule has 1 N–H and O–H groups in total. The first-order chi connectivity index (χ1) is 10.8. The Morgan fingerprint density at radius 3 is 3.00 bits per heavy atom. The average Bonchev–Trinajstić information content (AvgIpc) is 2.99. The third kappa shape index (κ3) is 2.63. The summed E-state index contributed by atoms with van der Waals surface area (Å²) in [4.78, 5) is 4.78. The van der Waals surface area contributed by atoms with Crippen molar-refractivity contribution >= 4 is 6.21 Å². The van der Waals surface area contributed by atoms with Crippen LogP contribution in [0.5, 0.6) is 0 Å². The van der Waals surface area contributed by atoms with E-state index in [1.165, 1.54) is 25.3 Å². The molecule has 3 aliphatic rings. The summed E-state index contributed by atoms with van der Waals surface area (Å²) < 4.78 is 13.6. The number of nitrogens with zero attached hydrogens (tertiary/aromatic N) is 1. The van der Waals surface area contributed by atoms with Crippen molar-refractivity contribution in [2.24, 2.45) is 22.7 Å². The molecule has 0 saturated carbocycles. The third-order valence-electron chi connectivity index (χ3n) is 5.57. The quantitative estimate of drug-likeness (QED) is 0.823. The summed E-state index contributed by atoms with van der Waals surface area (Å²) in [7, 11) is 0. The molecule has 1 saturated heterocycles. The van der Waals surface area contributed by atoms with Gasteiger partial charge >= 0.3 is 0 Å². The molecule has 5 unspecified atom stereocenters. The molecule has 3 heteroatoms. The van der Waals surface area contributed by atoms with Crippen LogP contribution in [-0.4, -0.2) is 18.9 Å². The predicted octanol–water partition coefficient (Wildman–Crippen LogP) is 3.90. The molecule has 1 fully saturated rings. The molecule has 1 aromatic carbocycles. The number of halogens is 1. The summed E-state index contributed by atoms with van der Waals surface area (Å²) >= 11 is 0. The molecular formula is C19H23FN2. The normalized spacial score (nSPS) is 37.2. The van der Waals surface area contributed by atoms with Gasteiger partial charge in [0.25, 0.3) is 0 Å². The van der Waals surface area contributed by atoms with Gasteiger partial charge in [-0.05, 0) is 49.3 Å². The molecule has 1 aromatic rings. The molecule has 0 radical (unpaired) electrons. The number of fused-ring (bicyclic) bond motifs is 1. The van der Waals surface area contributed by atoms with Crippen molar-refractivity contribution in [2.75, 3.05) is 6.54 Å². The van der Waals surface area contributed by atoms with Crippen LogP contribution in [0.2, 0.25) is 0 Å². The predicted molar refractivity (Wildman–Crippen MR) is 87.5 cm³/mol. The van der Waals surface area contributed by atoms with E-state index in [4.69, 9.17) is 4.99 Å². The van der Waals surface area contributed by atoms with E-state index < -0.39 is 0 Å². The Labute approximate surface area is 131 Å².